The summed E-state index contributed by atoms with van der Waals surface area (Å²) in [7, 11) is 0. The van der Waals surface area contributed by atoms with Gasteiger partial charge in [-0.25, -0.2) is 4.98 Å². The number of imidazole rings is 1. The number of aryl methyl sites for hydroxylation is 2. The van der Waals surface area contributed by atoms with Crippen LogP contribution in [0.3, 0.4) is 0 Å². The minimum atomic E-state index is -0.0433. The molecule has 0 aliphatic heterocycles. The molecule has 0 atom stereocenters. The largest absolute Gasteiger partial charge is 0.494 e. The molecule has 5 nitrogen and oxygen atoms in total. The van der Waals surface area contributed by atoms with Crippen molar-refractivity contribution in [1.29, 1.82) is 0 Å². The first-order chi connectivity index (χ1) is 16.6. The number of para-hydroxylation sites is 2. The zero-order chi connectivity index (χ0) is 23.8. The van der Waals surface area contributed by atoms with Crippen LogP contribution in [0.2, 0.25) is 5.02 Å². The summed E-state index contributed by atoms with van der Waals surface area (Å²) in [6.45, 7) is 4.10. The zero-order valence-electron chi connectivity index (χ0n) is 19.5. The van der Waals surface area contributed by atoms with Crippen molar-refractivity contribution in [3.05, 3.63) is 94.8 Å². The number of aromatic nitrogens is 2. The minimum absolute atomic E-state index is 0.0433. The highest BCUT2D eigenvalue weighted by Crippen LogP contribution is 2.18. The SMILES string of the molecule is CCc1ccc(OCCCn2c(CCNC(=O)Cc3ccccc3Cl)nc3ccccc32)cc1. The molecule has 4 aromatic rings. The molecule has 0 spiro atoms. The molecule has 0 aliphatic carbocycles. The molecule has 4 rings (SSSR count). The first-order valence-electron chi connectivity index (χ1n) is 11.8. The summed E-state index contributed by atoms with van der Waals surface area (Å²) in [5, 5.41) is 3.61. The molecule has 1 N–H and O–H groups in total. The van der Waals surface area contributed by atoms with Crippen LogP contribution in [0.15, 0.2) is 72.8 Å². The second kappa shape index (κ2) is 11.7. The van der Waals surface area contributed by atoms with E-state index in [0.29, 0.717) is 24.6 Å². The molecule has 0 unspecified atom stereocenters. The van der Waals surface area contributed by atoms with Crippen molar-refractivity contribution in [2.75, 3.05) is 13.2 Å². The van der Waals surface area contributed by atoms with Gasteiger partial charge in [-0.3, -0.25) is 4.79 Å². The number of rotatable bonds is 11. The Kier molecular flexibility index (Phi) is 8.21. The van der Waals surface area contributed by atoms with Crippen molar-refractivity contribution in [2.24, 2.45) is 0 Å². The van der Waals surface area contributed by atoms with Crippen LogP contribution >= 0.6 is 11.6 Å². The standard InChI is InChI=1S/C28H30ClN3O2/c1-2-21-12-14-23(15-13-21)34-19-7-18-32-26-11-6-5-10-25(26)31-27(32)16-17-30-28(33)20-22-8-3-4-9-24(22)29/h3-6,8-15H,2,7,16-20H2,1H3,(H,30,33). The van der Waals surface area contributed by atoms with E-state index in [2.05, 4.69) is 35.0 Å². The number of amides is 1. The van der Waals surface area contributed by atoms with E-state index in [1.165, 1.54) is 5.56 Å². The highest BCUT2D eigenvalue weighted by molar-refractivity contribution is 6.31. The van der Waals surface area contributed by atoms with Crippen LogP contribution in [0.1, 0.15) is 30.3 Å². The summed E-state index contributed by atoms with van der Waals surface area (Å²) in [5.41, 5.74) is 4.21. The van der Waals surface area contributed by atoms with E-state index in [-0.39, 0.29) is 12.3 Å². The monoisotopic (exact) mass is 475 g/mol. The lowest BCUT2D eigenvalue weighted by atomic mass is 10.1. The van der Waals surface area contributed by atoms with E-state index >= 15 is 0 Å². The topological polar surface area (TPSA) is 56.1 Å². The predicted molar refractivity (Wildman–Crippen MR) is 138 cm³/mol. The van der Waals surface area contributed by atoms with Gasteiger partial charge in [0, 0.05) is 24.5 Å². The summed E-state index contributed by atoms with van der Waals surface area (Å²) in [6.07, 6.45) is 2.81. The number of carbonyl (C=O) groups is 1. The van der Waals surface area contributed by atoms with E-state index < -0.39 is 0 Å². The summed E-state index contributed by atoms with van der Waals surface area (Å²) in [5.74, 6) is 1.82. The van der Waals surface area contributed by atoms with E-state index in [0.717, 1.165) is 47.6 Å². The van der Waals surface area contributed by atoms with E-state index in [9.17, 15) is 4.79 Å². The Morgan fingerprint density at radius 1 is 1.03 bits per heavy atom. The van der Waals surface area contributed by atoms with Gasteiger partial charge in [-0.15, -0.1) is 0 Å². The Hall–Kier alpha value is -3.31. The molecular formula is C28H30ClN3O2. The Morgan fingerprint density at radius 3 is 2.59 bits per heavy atom. The average Bonchev–Trinajstić information content (AvgIpc) is 3.21. The summed E-state index contributed by atoms with van der Waals surface area (Å²) < 4.78 is 8.17. The van der Waals surface area contributed by atoms with Crippen LogP contribution < -0.4 is 10.1 Å². The van der Waals surface area contributed by atoms with Crippen molar-refractivity contribution in [2.45, 2.75) is 39.2 Å². The summed E-state index contributed by atoms with van der Waals surface area (Å²) in [4.78, 5) is 17.2. The van der Waals surface area contributed by atoms with E-state index in [4.69, 9.17) is 21.3 Å². The van der Waals surface area contributed by atoms with Gasteiger partial charge in [0.2, 0.25) is 5.91 Å². The van der Waals surface area contributed by atoms with E-state index in [1.807, 2.05) is 48.5 Å². The van der Waals surface area contributed by atoms with Gasteiger partial charge in [0.15, 0.2) is 0 Å². The fourth-order valence-corrected chi connectivity index (χ4v) is 4.19. The molecule has 34 heavy (non-hydrogen) atoms. The van der Waals surface area contributed by atoms with Gasteiger partial charge in [0.25, 0.3) is 0 Å². The molecule has 176 valence electrons. The molecule has 0 fully saturated rings. The maximum absolute atomic E-state index is 12.4. The van der Waals surface area contributed by atoms with Crippen LogP contribution in [-0.2, 0) is 30.6 Å². The Bertz CT molecular complexity index is 1230. The van der Waals surface area contributed by atoms with Crippen LogP contribution in [0.5, 0.6) is 5.75 Å². The number of benzene rings is 3. The van der Waals surface area contributed by atoms with Crippen molar-refractivity contribution in [3.8, 4) is 5.75 Å². The van der Waals surface area contributed by atoms with Crippen molar-refractivity contribution >= 4 is 28.5 Å². The van der Waals surface area contributed by atoms with Crippen molar-refractivity contribution in [3.63, 3.8) is 0 Å². The lowest BCUT2D eigenvalue weighted by Gasteiger charge is -2.11. The first-order valence-corrected chi connectivity index (χ1v) is 12.2. The molecule has 0 saturated carbocycles. The highest BCUT2D eigenvalue weighted by atomic mass is 35.5. The van der Waals surface area contributed by atoms with E-state index in [1.54, 1.807) is 6.07 Å². The normalized spacial score (nSPS) is 11.0. The lowest BCUT2D eigenvalue weighted by molar-refractivity contribution is -0.120. The number of ether oxygens (including phenoxy) is 1. The van der Waals surface area contributed by atoms with Gasteiger partial charge in [-0.05, 0) is 54.3 Å². The fourth-order valence-electron chi connectivity index (χ4n) is 3.99. The van der Waals surface area contributed by atoms with Gasteiger partial charge in [-0.1, -0.05) is 61.0 Å². The third kappa shape index (κ3) is 6.17. The van der Waals surface area contributed by atoms with Gasteiger partial charge < -0.3 is 14.6 Å². The van der Waals surface area contributed by atoms with Crippen LogP contribution in [-0.4, -0.2) is 28.6 Å². The van der Waals surface area contributed by atoms with Gasteiger partial charge in [-0.2, -0.15) is 0 Å². The number of fused-ring (bicyclic) bond motifs is 1. The molecule has 1 heterocycles. The second-order valence-electron chi connectivity index (χ2n) is 8.24. The highest BCUT2D eigenvalue weighted by Gasteiger charge is 2.12. The second-order valence-corrected chi connectivity index (χ2v) is 8.64. The maximum atomic E-state index is 12.4. The van der Waals surface area contributed by atoms with Crippen LogP contribution in [0, 0.1) is 0 Å². The molecule has 3 aromatic carbocycles. The Balaban J connectivity index is 1.33. The summed E-state index contributed by atoms with van der Waals surface area (Å²) in [6, 6.07) is 23.8. The minimum Gasteiger partial charge on any atom is -0.494 e. The predicted octanol–water partition coefficient (Wildman–Crippen LogP) is 5.62. The maximum Gasteiger partial charge on any atom is 0.224 e. The molecule has 0 radical (unpaired) electrons. The molecule has 6 heteroatoms. The number of hydrogen-bond donors (Lipinski definition) is 1. The first kappa shape index (κ1) is 23.8. The quantitative estimate of drug-likeness (QED) is 0.286. The zero-order valence-corrected chi connectivity index (χ0v) is 20.2. The number of nitrogens with one attached hydrogen (secondary N) is 1. The third-order valence-electron chi connectivity index (χ3n) is 5.84. The summed E-state index contributed by atoms with van der Waals surface area (Å²) >= 11 is 6.17. The Morgan fingerprint density at radius 2 is 1.79 bits per heavy atom. The Labute approximate surface area is 205 Å². The molecular weight excluding hydrogens is 446 g/mol. The molecule has 1 aromatic heterocycles. The number of halogens is 1. The van der Waals surface area contributed by atoms with Crippen molar-refractivity contribution in [1.82, 2.24) is 14.9 Å². The lowest BCUT2D eigenvalue weighted by Crippen LogP contribution is -2.28. The van der Waals surface area contributed by atoms with Crippen LogP contribution in [0.4, 0.5) is 0 Å². The average molecular weight is 476 g/mol. The van der Waals surface area contributed by atoms with Crippen molar-refractivity contribution < 1.29 is 9.53 Å². The van der Waals surface area contributed by atoms with Gasteiger partial charge >= 0.3 is 0 Å². The molecule has 0 aliphatic rings. The fraction of sp³-hybridized carbons (Fsp3) is 0.286. The number of hydrogen-bond acceptors (Lipinski definition) is 3. The van der Waals surface area contributed by atoms with Crippen LogP contribution in [0.25, 0.3) is 11.0 Å². The molecule has 0 saturated heterocycles. The van der Waals surface area contributed by atoms with Gasteiger partial charge in [0.1, 0.15) is 11.6 Å². The number of carbonyl (C=O) groups excluding carboxylic acids is 1. The molecule has 0 bridgehead atoms. The third-order valence-corrected chi connectivity index (χ3v) is 6.21. The number of nitrogens with zero attached hydrogens (tertiary/aromatic N) is 2. The molecule has 1 amide bonds. The smallest absolute Gasteiger partial charge is 0.224 e. The van der Waals surface area contributed by atoms with Gasteiger partial charge in [0.05, 0.1) is 24.1 Å².